The van der Waals surface area contributed by atoms with Crippen LogP contribution in [0, 0.1) is 13.8 Å². The van der Waals surface area contributed by atoms with E-state index in [0.29, 0.717) is 11.2 Å². The van der Waals surface area contributed by atoms with Gasteiger partial charge in [-0.15, -0.1) is 11.3 Å². The van der Waals surface area contributed by atoms with E-state index in [1.165, 1.54) is 12.1 Å². The Kier molecular flexibility index (Phi) is 2.96. The molecule has 21 heavy (non-hydrogen) atoms. The second kappa shape index (κ2) is 4.47. The summed E-state index contributed by atoms with van der Waals surface area (Å²) in [5, 5.41) is 0. The Morgan fingerprint density at radius 3 is 2.57 bits per heavy atom. The van der Waals surface area contributed by atoms with Gasteiger partial charge in [-0.2, -0.15) is 12.4 Å². The molecule has 0 radical (unpaired) electrons. The lowest BCUT2D eigenvalue weighted by Gasteiger charge is -2.05. The molecule has 0 aliphatic rings. The van der Waals surface area contributed by atoms with Crippen molar-refractivity contribution in [3.8, 4) is 0 Å². The molecular formula is C13H13N3O3S2. The molecule has 0 bridgehead atoms. The van der Waals surface area contributed by atoms with Crippen LogP contribution in [0.3, 0.4) is 0 Å². The first kappa shape index (κ1) is 13.9. The van der Waals surface area contributed by atoms with Crippen LogP contribution < -0.4 is 11.4 Å². The van der Waals surface area contributed by atoms with Crippen molar-refractivity contribution in [2.45, 2.75) is 18.1 Å². The van der Waals surface area contributed by atoms with Crippen LogP contribution in [0.4, 0.5) is 5.69 Å². The number of aromatic amines is 1. The predicted octanol–water partition coefficient (Wildman–Crippen LogP) is 1.83. The third-order valence-corrected chi connectivity index (χ3v) is 6.40. The van der Waals surface area contributed by atoms with Gasteiger partial charge >= 0.3 is 5.69 Å². The molecule has 3 aromatic rings. The third kappa shape index (κ3) is 2.07. The molecule has 2 heterocycles. The van der Waals surface area contributed by atoms with Gasteiger partial charge in [-0.1, -0.05) is 0 Å². The summed E-state index contributed by atoms with van der Waals surface area (Å²) >= 11 is 1.12. The molecule has 6 nitrogen and oxygen atoms in total. The SMILES string of the molecule is Cc1ccc(S(=O)(=O)n2c(=O)[nH]c3cc(C)c(N)cc32)s1. The number of hydrogen-bond donors (Lipinski definition) is 2. The van der Waals surface area contributed by atoms with Crippen LogP contribution in [0.15, 0.2) is 33.3 Å². The lowest BCUT2D eigenvalue weighted by molar-refractivity contribution is 0.589. The van der Waals surface area contributed by atoms with E-state index < -0.39 is 15.7 Å². The zero-order valence-electron chi connectivity index (χ0n) is 11.4. The lowest BCUT2D eigenvalue weighted by atomic mass is 10.2. The Hall–Kier alpha value is -2.06. The van der Waals surface area contributed by atoms with Gasteiger partial charge in [-0.25, -0.2) is 4.79 Å². The quantitative estimate of drug-likeness (QED) is 0.703. The maximum absolute atomic E-state index is 12.7. The molecule has 110 valence electrons. The minimum atomic E-state index is -3.93. The van der Waals surface area contributed by atoms with E-state index in [9.17, 15) is 13.2 Å². The minimum Gasteiger partial charge on any atom is -0.398 e. The normalized spacial score (nSPS) is 12.1. The monoisotopic (exact) mass is 323 g/mol. The fourth-order valence-electron chi connectivity index (χ4n) is 2.14. The molecule has 0 aliphatic carbocycles. The maximum atomic E-state index is 12.7. The summed E-state index contributed by atoms with van der Waals surface area (Å²) in [6, 6.07) is 6.37. The third-order valence-electron chi connectivity index (χ3n) is 3.24. The molecule has 1 aromatic carbocycles. The maximum Gasteiger partial charge on any atom is 0.340 e. The largest absolute Gasteiger partial charge is 0.398 e. The molecular weight excluding hydrogens is 310 g/mol. The highest BCUT2D eigenvalue weighted by Gasteiger charge is 2.24. The summed E-state index contributed by atoms with van der Waals surface area (Å²) in [4.78, 5) is 15.5. The number of nitrogens with zero attached hydrogens (tertiary/aromatic N) is 1. The second-order valence-electron chi connectivity index (χ2n) is 4.79. The second-order valence-corrected chi connectivity index (χ2v) is 8.09. The van der Waals surface area contributed by atoms with Gasteiger partial charge in [0.05, 0.1) is 11.0 Å². The van der Waals surface area contributed by atoms with Gasteiger partial charge in [0, 0.05) is 10.6 Å². The Labute approximate surface area is 124 Å². The standard InChI is InChI=1S/C13H13N3O3S2/c1-7-5-10-11(6-9(7)14)16(13(17)15-10)21(18,19)12-4-3-8(2)20-12/h3-6H,14H2,1-2H3,(H,15,17). The van der Waals surface area contributed by atoms with Crippen molar-refractivity contribution in [1.82, 2.24) is 8.96 Å². The number of aromatic nitrogens is 2. The van der Waals surface area contributed by atoms with E-state index in [2.05, 4.69) is 4.98 Å². The number of benzene rings is 1. The molecule has 0 saturated carbocycles. The van der Waals surface area contributed by atoms with Gasteiger partial charge in [0.2, 0.25) is 0 Å². The van der Waals surface area contributed by atoms with Crippen molar-refractivity contribution in [3.63, 3.8) is 0 Å². The molecule has 0 atom stereocenters. The molecule has 0 fully saturated rings. The Morgan fingerprint density at radius 2 is 1.95 bits per heavy atom. The number of H-pyrrole nitrogens is 1. The first-order valence-corrected chi connectivity index (χ1v) is 8.39. The van der Waals surface area contributed by atoms with Crippen LogP contribution in [0.5, 0.6) is 0 Å². The van der Waals surface area contributed by atoms with Crippen LogP contribution in [-0.2, 0) is 10.0 Å². The number of imidazole rings is 1. The zero-order chi connectivity index (χ0) is 15.4. The summed E-state index contributed by atoms with van der Waals surface area (Å²) in [6.45, 7) is 3.60. The van der Waals surface area contributed by atoms with E-state index in [4.69, 9.17) is 5.73 Å². The van der Waals surface area contributed by atoms with E-state index in [1.54, 1.807) is 19.1 Å². The molecule has 0 spiro atoms. The molecule has 0 unspecified atom stereocenters. The van der Waals surface area contributed by atoms with E-state index in [1.807, 2.05) is 6.92 Å². The van der Waals surface area contributed by atoms with E-state index >= 15 is 0 Å². The Bertz CT molecular complexity index is 1010. The average molecular weight is 323 g/mol. The number of fused-ring (bicyclic) bond motifs is 1. The summed E-state index contributed by atoms with van der Waals surface area (Å²) in [7, 11) is -3.93. The Balaban J connectivity index is 2.37. The van der Waals surface area contributed by atoms with Crippen molar-refractivity contribution in [3.05, 3.63) is 45.2 Å². The lowest BCUT2D eigenvalue weighted by Crippen LogP contribution is -2.24. The van der Waals surface area contributed by atoms with Crippen LogP contribution in [-0.4, -0.2) is 17.4 Å². The van der Waals surface area contributed by atoms with Crippen molar-refractivity contribution in [2.75, 3.05) is 5.73 Å². The highest BCUT2D eigenvalue weighted by molar-refractivity contribution is 7.92. The van der Waals surface area contributed by atoms with Crippen LogP contribution in [0.2, 0.25) is 0 Å². The number of thiophene rings is 1. The Morgan fingerprint density at radius 1 is 1.24 bits per heavy atom. The summed E-state index contributed by atoms with van der Waals surface area (Å²) < 4.78 is 26.2. The number of anilines is 1. The first-order chi connectivity index (χ1) is 9.80. The molecule has 2 aromatic heterocycles. The van der Waals surface area contributed by atoms with Crippen LogP contribution in [0.25, 0.3) is 11.0 Å². The zero-order valence-corrected chi connectivity index (χ0v) is 13.0. The van der Waals surface area contributed by atoms with Crippen molar-refractivity contribution >= 4 is 38.1 Å². The highest BCUT2D eigenvalue weighted by Crippen LogP contribution is 2.26. The number of nitrogens with two attached hydrogens (primary N) is 1. The van der Waals surface area contributed by atoms with Gasteiger partial charge in [-0.05, 0) is 43.7 Å². The first-order valence-electron chi connectivity index (χ1n) is 6.13. The number of aryl methyl sites for hydroxylation is 2. The summed E-state index contributed by atoms with van der Waals surface area (Å²) in [5.74, 6) is 0. The molecule has 3 N–H and O–H groups in total. The summed E-state index contributed by atoms with van der Waals surface area (Å²) in [5.41, 5.74) is 7.06. The number of rotatable bonds is 2. The highest BCUT2D eigenvalue weighted by atomic mass is 32.2. The molecule has 0 saturated heterocycles. The minimum absolute atomic E-state index is 0.127. The van der Waals surface area contributed by atoms with E-state index in [-0.39, 0.29) is 9.73 Å². The number of hydrogen-bond acceptors (Lipinski definition) is 5. The van der Waals surface area contributed by atoms with Crippen molar-refractivity contribution < 1.29 is 8.42 Å². The molecule has 0 aliphatic heterocycles. The predicted molar refractivity (Wildman–Crippen MR) is 83.3 cm³/mol. The average Bonchev–Trinajstić information content (AvgIpc) is 2.94. The number of nitrogen functional groups attached to an aromatic ring is 1. The topological polar surface area (TPSA) is 98.0 Å². The van der Waals surface area contributed by atoms with Gasteiger partial charge in [0.1, 0.15) is 4.21 Å². The van der Waals surface area contributed by atoms with E-state index in [0.717, 1.165) is 25.7 Å². The van der Waals surface area contributed by atoms with Crippen LogP contribution >= 0.6 is 11.3 Å². The molecule has 3 rings (SSSR count). The van der Waals surface area contributed by atoms with Crippen LogP contribution in [0.1, 0.15) is 10.4 Å². The fourth-order valence-corrected chi connectivity index (χ4v) is 4.86. The van der Waals surface area contributed by atoms with Gasteiger partial charge < -0.3 is 10.7 Å². The smallest absolute Gasteiger partial charge is 0.340 e. The van der Waals surface area contributed by atoms with Gasteiger partial charge in [0.15, 0.2) is 0 Å². The van der Waals surface area contributed by atoms with Crippen molar-refractivity contribution in [1.29, 1.82) is 0 Å². The molecule has 0 amide bonds. The van der Waals surface area contributed by atoms with Crippen molar-refractivity contribution in [2.24, 2.45) is 0 Å². The van der Waals surface area contributed by atoms with Gasteiger partial charge in [-0.3, -0.25) is 0 Å². The fraction of sp³-hybridized carbons (Fsp3) is 0.154. The van der Waals surface area contributed by atoms with Gasteiger partial charge in [0.25, 0.3) is 10.0 Å². The summed E-state index contributed by atoms with van der Waals surface area (Å²) in [6.07, 6.45) is 0. The number of nitrogens with one attached hydrogen (secondary N) is 1. The molecule has 8 heteroatoms.